The third-order valence-electron chi connectivity index (χ3n) is 5.35. The Hall–Kier alpha value is -3.00. The number of ether oxygens (including phenoxy) is 1. The van der Waals surface area contributed by atoms with Crippen molar-refractivity contribution in [3.8, 4) is 0 Å². The first-order chi connectivity index (χ1) is 15.1. The molecule has 8 heteroatoms. The van der Waals surface area contributed by atoms with Gasteiger partial charge >= 0.3 is 6.09 Å². The van der Waals surface area contributed by atoms with Crippen molar-refractivity contribution in [2.24, 2.45) is 0 Å². The highest BCUT2D eigenvalue weighted by Gasteiger charge is 2.30. The SMILES string of the molecule is Cc1nc2c(c(=O)n1C(c1ccc(F)cc1)c1cccs1)CCN(C(=O)OC(C)(C)C)C2. The summed E-state index contributed by atoms with van der Waals surface area (Å²) >= 11 is 1.54. The molecule has 1 aliphatic heterocycles. The molecule has 0 N–H and O–H groups in total. The standard InChI is InChI=1S/C24H26FN3O3S/c1-15-26-19-14-27(23(30)31-24(2,3)4)12-11-18(19)22(29)28(15)21(20-6-5-13-32-20)16-7-9-17(25)10-8-16/h5-10,13,21H,11-12,14H2,1-4H3. The van der Waals surface area contributed by atoms with Crippen LogP contribution in [0.25, 0.3) is 0 Å². The van der Waals surface area contributed by atoms with Gasteiger partial charge in [0, 0.05) is 17.0 Å². The second-order valence-electron chi connectivity index (χ2n) is 8.88. The smallest absolute Gasteiger partial charge is 0.410 e. The first kappa shape index (κ1) is 22.2. The van der Waals surface area contributed by atoms with E-state index in [4.69, 9.17) is 9.72 Å². The van der Waals surface area contributed by atoms with Crippen molar-refractivity contribution in [1.29, 1.82) is 0 Å². The van der Waals surface area contributed by atoms with Crippen LogP contribution in [0.15, 0.2) is 46.6 Å². The summed E-state index contributed by atoms with van der Waals surface area (Å²) in [4.78, 5) is 33.4. The molecule has 1 atom stereocenters. The van der Waals surface area contributed by atoms with E-state index in [1.165, 1.54) is 23.5 Å². The Kier molecular flexibility index (Phi) is 5.90. The second-order valence-corrected chi connectivity index (χ2v) is 9.86. The molecule has 6 nitrogen and oxygen atoms in total. The first-order valence-electron chi connectivity index (χ1n) is 10.5. The van der Waals surface area contributed by atoms with Crippen LogP contribution in [-0.4, -0.2) is 32.7 Å². The van der Waals surface area contributed by atoms with Crippen LogP contribution < -0.4 is 5.56 Å². The van der Waals surface area contributed by atoms with Crippen LogP contribution in [0.2, 0.25) is 0 Å². The number of carbonyl (C=O) groups excluding carboxylic acids is 1. The van der Waals surface area contributed by atoms with Crippen LogP contribution >= 0.6 is 11.3 Å². The number of aromatic nitrogens is 2. The van der Waals surface area contributed by atoms with Crippen molar-refractivity contribution in [1.82, 2.24) is 14.5 Å². The predicted molar refractivity (Wildman–Crippen MR) is 122 cm³/mol. The zero-order valence-electron chi connectivity index (χ0n) is 18.6. The van der Waals surface area contributed by atoms with Gasteiger partial charge in [-0.2, -0.15) is 0 Å². The van der Waals surface area contributed by atoms with E-state index < -0.39 is 17.7 Å². The lowest BCUT2D eigenvalue weighted by atomic mass is 10.0. The summed E-state index contributed by atoms with van der Waals surface area (Å²) in [5.41, 5.74) is 1.31. The molecule has 0 aliphatic carbocycles. The van der Waals surface area contributed by atoms with Crippen molar-refractivity contribution < 1.29 is 13.9 Å². The number of benzene rings is 1. The highest BCUT2D eigenvalue weighted by Crippen LogP contribution is 2.31. The molecule has 0 spiro atoms. The van der Waals surface area contributed by atoms with E-state index in [-0.39, 0.29) is 17.9 Å². The zero-order chi connectivity index (χ0) is 23.0. The molecular weight excluding hydrogens is 429 g/mol. The molecular formula is C24H26FN3O3S. The molecule has 0 saturated carbocycles. The molecule has 4 rings (SSSR count). The van der Waals surface area contributed by atoms with Gasteiger partial charge < -0.3 is 9.64 Å². The number of carbonyl (C=O) groups is 1. The Bertz CT molecular complexity index is 1180. The third kappa shape index (κ3) is 4.46. The van der Waals surface area contributed by atoms with Gasteiger partial charge in [-0.3, -0.25) is 9.36 Å². The summed E-state index contributed by atoms with van der Waals surface area (Å²) in [6, 6.07) is 9.71. The van der Waals surface area contributed by atoms with Gasteiger partial charge in [-0.25, -0.2) is 14.2 Å². The van der Waals surface area contributed by atoms with Crippen molar-refractivity contribution in [3.63, 3.8) is 0 Å². The molecule has 0 saturated heterocycles. The predicted octanol–water partition coefficient (Wildman–Crippen LogP) is 4.68. The molecule has 0 bridgehead atoms. The van der Waals surface area contributed by atoms with Crippen LogP contribution in [0, 0.1) is 12.7 Å². The van der Waals surface area contributed by atoms with Gasteiger partial charge in [0.15, 0.2) is 0 Å². The Balaban J connectivity index is 1.74. The molecule has 3 aromatic rings. The number of hydrogen-bond donors (Lipinski definition) is 0. The first-order valence-corrected chi connectivity index (χ1v) is 11.4. The van der Waals surface area contributed by atoms with Crippen LogP contribution in [0.5, 0.6) is 0 Å². The lowest BCUT2D eigenvalue weighted by Crippen LogP contribution is -2.43. The van der Waals surface area contributed by atoms with E-state index >= 15 is 0 Å². The number of nitrogens with zero attached hydrogens (tertiary/aromatic N) is 3. The van der Waals surface area contributed by atoms with E-state index in [0.29, 0.717) is 30.0 Å². The second kappa shape index (κ2) is 8.50. The summed E-state index contributed by atoms with van der Waals surface area (Å²) in [5.74, 6) is 0.219. The monoisotopic (exact) mass is 455 g/mol. The molecule has 168 valence electrons. The maximum Gasteiger partial charge on any atom is 0.410 e. The largest absolute Gasteiger partial charge is 0.444 e. The summed E-state index contributed by atoms with van der Waals surface area (Å²) in [5, 5.41) is 1.96. The fraction of sp³-hybridized carbons (Fsp3) is 0.375. The molecule has 1 aliphatic rings. The summed E-state index contributed by atoms with van der Waals surface area (Å²) in [7, 11) is 0. The zero-order valence-corrected chi connectivity index (χ0v) is 19.4. The highest BCUT2D eigenvalue weighted by atomic mass is 32.1. The number of amides is 1. The minimum absolute atomic E-state index is 0.126. The fourth-order valence-electron chi connectivity index (χ4n) is 3.94. The molecule has 1 amide bonds. The van der Waals surface area contributed by atoms with E-state index in [9.17, 15) is 14.0 Å². The van der Waals surface area contributed by atoms with Gasteiger partial charge in [0.1, 0.15) is 17.2 Å². The maximum absolute atomic E-state index is 13.6. The number of rotatable bonds is 3. The summed E-state index contributed by atoms with van der Waals surface area (Å²) in [6.07, 6.45) is -0.00378. The van der Waals surface area contributed by atoms with E-state index in [2.05, 4.69) is 0 Å². The van der Waals surface area contributed by atoms with E-state index in [1.54, 1.807) is 28.5 Å². The van der Waals surface area contributed by atoms with E-state index in [1.807, 2.05) is 38.3 Å². The average molecular weight is 456 g/mol. The topological polar surface area (TPSA) is 64.4 Å². The minimum Gasteiger partial charge on any atom is -0.444 e. The Morgan fingerprint density at radius 2 is 1.94 bits per heavy atom. The average Bonchev–Trinajstić information content (AvgIpc) is 3.24. The number of aryl methyl sites for hydroxylation is 1. The van der Waals surface area contributed by atoms with Gasteiger partial charge in [-0.05, 0) is 63.3 Å². The molecule has 1 aromatic carbocycles. The van der Waals surface area contributed by atoms with Gasteiger partial charge in [-0.15, -0.1) is 11.3 Å². The third-order valence-corrected chi connectivity index (χ3v) is 6.28. The Morgan fingerprint density at radius 3 is 2.56 bits per heavy atom. The summed E-state index contributed by atoms with van der Waals surface area (Å²) < 4.78 is 20.7. The normalized spacial score (nSPS) is 14.7. The lowest BCUT2D eigenvalue weighted by Gasteiger charge is -2.31. The van der Waals surface area contributed by atoms with Crippen LogP contribution in [0.1, 0.15) is 54.3 Å². The molecule has 1 unspecified atom stereocenters. The number of halogens is 1. The maximum atomic E-state index is 13.6. The minimum atomic E-state index is -0.590. The van der Waals surface area contributed by atoms with Crippen LogP contribution in [0.4, 0.5) is 9.18 Å². The quantitative estimate of drug-likeness (QED) is 0.575. The van der Waals surface area contributed by atoms with Gasteiger partial charge in [0.2, 0.25) is 0 Å². The fourth-order valence-corrected chi connectivity index (χ4v) is 4.78. The van der Waals surface area contributed by atoms with Crippen molar-refractivity contribution >= 4 is 17.4 Å². The Labute approximate surface area is 190 Å². The molecule has 32 heavy (non-hydrogen) atoms. The molecule has 0 radical (unpaired) electrons. The number of fused-ring (bicyclic) bond motifs is 1. The van der Waals surface area contributed by atoms with Crippen molar-refractivity contribution in [2.75, 3.05) is 6.54 Å². The van der Waals surface area contributed by atoms with Crippen LogP contribution in [-0.2, 0) is 17.7 Å². The molecule has 3 heterocycles. The summed E-state index contributed by atoms with van der Waals surface area (Å²) in [6.45, 7) is 7.89. The van der Waals surface area contributed by atoms with Gasteiger partial charge in [0.25, 0.3) is 5.56 Å². The number of hydrogen-bond acceptors (Lipinski definition) is 5. The van der Waals surface area contributed by atoms with Crippen molar-refractivity contribution in [3.05, 3.63) is 85.5 Å². The Morgan fingerprint density at radius 1 is 1.22 bits per heavy atom. The van der Waals surface area contributed by atoms with Crippen LogP contribution in [0.3, 0.4) is 0 Å². The van der Waals surface area contributed by atoms with Gasteiger partial charge in [0.05, 0.1) is 18.3 Å². The van der Waals surface area contributed by atoms with E-state index in [0.717, 1.165) is 10.4 Å². The molecule has 2 aromatic heterocycles. The molecule has 0 fully saturated rings. The van der Waals surface area contributed by atoms with Crippen molar-refractivity contribution in [2.45, 2.75) is 52.3 Å². The number of thiophene rings is 1. The lowest BCUT2D eigenvalue weighted by molar-refractivity contribution is 0.0219. The van der Waals surface area contributed by atoms with Gasteiger partial charge in [-0.1, -0.05) is 18.2 Å². The highest BCUT2D eigenvalue weighted by molar-refractivity contribution is 7.10.